The van der Waals surface area contributed by atoms with Crippen molar-refractivity contribution in [1.82, 2.24) is 0 Å². The van der Waals surface area contributed by atoms with Crippen LogP contribution in [0.4, 0.5) is 0 Å². The molecular formula is C77H124O6. The average Bonchev–Trinajstić information content (AvgIpc) is 3.50. The van der Waals surface area contributed by atoms with E-state index in [-0.39, 0.29) is 37.5 Å². The molecule has 468 valence electrons. The van der Waals surface area contributed by atoms with Crippen molar-refractivity contribution in [2.45, 2.75) is 297 Å². The molecule has 0 aromatic heterocycles. The van der Waals surface area contributed by atoms with Crippen molar-refractivity contribution in [2.24, 2.45) is 0 Å². The van der Waals surface area contributed by atoms with E-state index >= 15 is 0 Å². The number of ether oxygens (including phenoxy) is 3. The summed E-state index contributed by atoms with van der Waals surface area (Å²) >= 11 is 0. The lowest BCUT2D eigenvalue weighted by Crippen LogP contribution is -2.30. The monoisotopic (exact) mass is 1140 g/mol. The number of carbonyl (C=O) groups is 3. The van der Waals surface area contributed by atoms with Gasteiger partial charge in [-0.2, -0.15) is 0 Å². The smallest absolute Gasteiger partial charge is 0.306 e. The highest BCUT2D eigenvalue weighted by Gasteiger charge is 2.19. The highest BCUT2D eigenvalue weighted by molar-refractivity contribution is 5.71. The minimum atomic E-state index is -0.800. The Labute approximate surface area is 511 Å². The molecule has 6 nitrogen and oxygen atoms in total. The molecule has 1 atom stereocenters. The first-order valence-electron chi connectivity index (χ1n) is 34.0. The molecule has 0 saturated carbocycles. The lowest BCUT2D eigenvalue weighted by Gasteiger charge is -2.18. The second-order valence-corrected chi connectivity index (χ2v) is 22.0. The summed E-state index contributed by atoms with van der Waals surface area (Å²) < 4.78 is 16.8. The van der Waals surface area contributed by atoms with Crippen molar-refractivity contribution in [1.29, 1.82) is 0 Å². The first-order chi connectivity index (χ1) is 41.0. The lowest BCUT2D eigenvalue weighted by atomic mass is 10.0. The number of hydrogen-bond donors (Lipinski definition) is 0. The third kappa shape index (κ3) is 67.7. The molecule has 1 unspecified atom stereocenters. The third-order valence-electron chi connectivity index (χ3n) is 14.0. The van der Waals surface area contributed by atoms with Crippen LogP contribution in [0.2, 0.25) is 0 Å². The molecule has 0 amide bonds. The van der Waals surface area contributed by atoms with Gasteiger partial charge in [-0.15, -0.1) is 0 Å². The normalized spacial score (nSPS) is 13.1. The van der Waals surface area contributed by atoms with Gasteiger partial charge in [0.1, 0.15) is 13.2 Å². The molecule has 0 bridgehead atoms. The van der Waals surface area contributed by atoms with E-state index in [1.54, 1.807) is 0 Å². The molecule has 0 heterocycles. The Morgan fingerprint density at radius 2 is 0.470 bits per heavy atom. The van der Waals surface area contributed by atoms with Gasteiger partial charge in [0.05, 0.1) is 0 Å². The Kier molecular flexibility index (Phi) is 65.4. The van der Waals surface area contributed by atoms with E-state index in [1.807, 2.05) is 0 Å². The third-order valence-corrected chi connectivity index (χ3v) is 14.0. The van der Waals surface area contributed by atoms with Crippen molar-refractivity contribution >= 4 is 17.9 Å². The Hall–Kier alpha value is -4.97. The molecule has 0 saturated heterocycles. The van der Waals surface area contributed by atoms with Crippen molar-refractivity contribution in [3.63, 3.8) is 0 Å². The number of esters is 3. The summed E-state index contributed by atoms with van der Waals surface area (Å²) in [7, 11) is 0. The molecule has 83 heavy (non-hydrogen) atoms. The fourth-order valence-corrected chi connectivity index (χ4v) is 9.01. The quantitative estimate of drug-likeness (QED) is 0.0261. The first-order valence-corrected chi connectivity index (χ1v) is 34.0. The summed E-state index contributed by atoms with van der Waals surface area (Å²) in [5.41, 5.74) is 0. The zero-order valence-electron chi connectivity index (χ0n) is 53.7. The molecular weight excluding hydrogens is 1020 g/mol. The Morgan fingerprint density at radius 3 is 0.747 bits per heavy atom. The van der Waals surface area contributed by atoms with Gasteiger partial charge in [-0.1, -0.05) is 301 Å². The molecule has 0 aromatic carbocycles. The summed E-state index contributed by atoms with van der Waals surface area (Å²) in [6, 6.07) is 0. The van der Waals surface area contributed by atoms with Gasteiger partial charge in [0.2, 0.25) is 0 Å². The molecule has 0 aliphatic carbocycles. The topological polar surface area (TPSA) is 78.9 Å². The van der Waals surface area contributed by atoms with E-state index in [0.29, 0.717) is 12.8 Å². The predicted octanol–water partition coefficient (Wildman–Crippen LogP) is 23.7. The first kappa shape index (κ1) is 78.0. The summed E-state index contributed by atoms with van der Waals surface area (Å²) in [5.74, 6) is -0.935. The van der Waals surface area contributed by atoms with E-state index in [0.717, 1.165) is 148 Å². The van der Waals surface area contributed by atoms with Crippen LogP contribution in [-0.4, -0.2) is 37.2 Å². The number of unbranched alkanes of at least 4 members (excludes halogenated alkanes) is 23. The van der Waals surface area contributed by atoms with Gasteiger partial charge in [0.25, 0.3) is 0 Å². The van der Waals surface area contributed by atoms with Crippen LogP contribution in [0.3, 0.4) is 0 Å². The van der Waals surface area contributed by atoms with Crippen LogP contribution in [0.5, 0.6) is 0 Å². The maximum atomic E-state index is 12.9. The molecule has 0 aromatic rings. The van der Waals surface area contributed by atoms with E-state index in [4.69, 9.17) is 14.2 Å². The molecule has 0 spiro atoms. The summed E-state index contributed by atoms with van der Waals surface area (Å²) in [6.45, 7) is 6.34. The van der Waals surface area contributed by atoms with Gasteiger partial charge in [-0.05, 0) is 128 Å². The van der Waals surface area contributed by atoms with Crippen LogP contribution in [0.25, 0.3) is 0 Å². The minimum absolute atomic E-state index is 0.0950. The van der Waals surface area contributed by atoms with Gasteiger partial charge in [-0.25, -0.2) is 0 Å². The SMILES string of the molecule is CC/C=C\C/C=C\C/C=C\C/C=C\C/C=C\C/C=C\C/C=C\CCCCCC(=O)OC(COC(=O)CCCCCCCCC)COC(=O)CCCCCCCCCCCCCCCC/C=C\C/C=C\C/C=C\C/C=C\C/C=C\C/C=C\CC. The van der Waals surface area contributed by atoms with Crippen molar-refractivity contribution in [3.05, 3.63) is 158 Å². The molecule has 0 aliphatic heterocycles. The average molecular weight is 1150 g/mol. The molecule has 0 radical (unpaired) electrons. The minimum Gasteiger partial charge on any atom is -0.462 e. The largest absolute Gasteiger partial charge is 0.462 e. The van der Waals surface area contributed by atoms with Crippen LogP contribution in [0.1, 0.15) is 290 Å². The molecule has 0 rings (SSSR count). The van der Waals surface area contributed by atoms with Crippen LogP contribution < -0.4 is 0 Å². The summed E-state index contributed by atoms with van der Waals surface area (Å²) in [5, 5.41) is 0. The summed E-state index contributed by atoms with van der Waals surface area (Å²) in [6.07, 6.45) is 101. The van der Waals surface area contributed by atoms with Gasteiger partial charge < -0.3 is 14.2 Å². The van der Waals surface area contributed by atoms with Crippen molar-refractivity contribution in [2.75, 3.05) is 13.2 Å². The zero-order valence-corrected chi connectivity index (χ0v) is 53.7. The number of rotatable bonds is 60. The maximum absolute atomic E-state index is 12.9. The van der Waals surface area contributed by atoms with Crippen molar-refractivity contribution in [3.8, 4) is 0 Å². The standard InChI is InChI=1S/C77H124O6/c1-4-7-10-13-16-18-20-22-24-26-28-30-32-34-35-36-37-38-39-40-41-43-44-46-48-50-52-54-56-58-61-64-67-70-76(79)82-73-74(72-81-75(78)69-66-63-60-15-12-9-6-3)83-77(80)71-68-65-62-59-57-55-53-51-49-47-45-42-33-31-29-27-25-23-21-19-17-14-11-8-5-2/h7-8,10-11,16-19,22-25,28-31,34-35,37-38,42,45,49,51,55,57,74H,4-6,9,12-15,20-21,26-27,32-33,36,39-41,43-44,46-48,50,52-54,56,58-73H2,1-3H3/b10-7-,11-8-,18-16-,19-17-,24-22-,25-23-,30-28-,31-29-,35-34-,38-37-,45-42-,51-49-,57-55-. The second-order valence-electron chi connectivity index (χ2n) is 22.0. The molecule has 0 aliphatic rings. The van der Waals surface area contributed by atoms with Crippen LogP contribution in [0.15, 0.2) is 158 Å². The number of allylic oxidation sites excluding steroid dienone is 26. The summed E-state index contributed by atoms with van der Waals surface area (Å²) in [4.78, 5) is 38.1. The molecule has 0 fully saturated rings. The van der Waals surface area contributed by atoms with Gasteiger partial charge >= 0.3 is 17.9 Å². The van der Waals surface area contributed by atoms with E-state index in [9.17, 15) is 14.4 Å². The molecule has 6 heteroatoms. The zero-order chi connectivity index (χ0) is 59.9. The van der Waals surface area contributed by atoms with E-state index in [1.165, 1.54) is 103 Å². The van der Waals surface area contributed by atoms with Crippen LogP contribution in [0, 0.1) is 0 Å². The van der Waals surface area contributed by atoms with Gasteiger partial charge in [0.15, 0.2) is 6.10 Å². The Balaban J connectivity index is 4.17. The lowest BCUT2D eigenvalue weighted by molar-refractivity contribution is -0.167. The maximum Gasteiger partial charge on any atom is 0.306 e. The van der Waals surface area contributed by atoms with Gasteiger partial charge in [-0.3, -0.25) is 14.4 Å². The highest BCUT2D eigenvalue weighted by atomic mass is 16.6. The fourth-order valence-electron chi connectivity index (χ4n) is 9.01. The highest BCUT2D eigenvalue weighted by Crippen LogP contribution is 2.16. The Morgan fingerprint density at radius 1 is 0.253 bits per heavy atom. The number of carbonyl (C=O) groups excluding carboxylic acids is 3. The van der Waals surface area contributed by atoms with E-state index < -0.39 is 6.10 Å². The van der Waals surface area contributed by atoms with Crippen LogP contribution >= 0.6 is 0 Å². The Bertz CT molecular complexity index is 1840. The predicted molar refractivity (Wildman–Crippen MR) is 362 cm³/mol. The van der Waals surface area contributed by atoms with Crippen molar-refractivity contribution < 1.29 is 28.6 Å². The fraction of sp³-hybridized carbons (Fsp3) is 0.623. The van der Waals surface area contributed by atoms with E-state index in [2.05, 4.69) is 179 Å². The number of hydrogen-bond acceptors (Lipinski definition) is 6. The van der Waals surface area contributed by atoms with Gasteiger partial charge in [0, 0.05) is 19.3 Å². The molecule has 0 N–H and O–H groups in total. The second kappa shape index (κ2) is 69.5. The van der Waals surface area contributed by atoms with Crippen LogP contribution in [-0.2, 0) is 28.6 Å².